The summed E-state index contributed by atoms with van der Waals surface area (Å²) in [6.45, 7) is 6.25. The average molecular weight is 174 g/mol. The van der Waals surface area contributed by atoms with Gasteiger partial charge in [0.2, 0.25) is 0 Å². The average Bonchev–Trinajstić information content (AvgIpc) is 2.06. The number of hydrogen-bond acceptors (Lipinski definition) is 0. The summed E-state index contributed by atoms with van der Waals surface area (Å²) in [7, 11) is 0. The largest absolute Gasteiger partial charge is 0.251 e. The van der Waals surface area contributed by atoms with Crippen LogP contribution in [0.3, 0.4) is 0 Å². The van der Waals surface area contributed by atoms with Crippen molar-refractivity contribution >= 4 is 0 Å². The molecule has 1 heteroatoms. The Kier molecular flexibility index (Phi) is 6.41. The Hall–Kier alpha value is -0.0700. The standard InChI is InChI=1S/C11H23F/c1-4-6-7-9-11(3,10-12)8-5-2/h4-10H2,1-3H3. The van der Waals surface area contributed by atoms with Crippen molar-refractivity contribution in [2.24, 2.45) is 5.41 Å². The fraction of sp³-hybridized carbons (Fsp3) is 1.00. The Morgan fingerprint density at radius 3 is 2.08 bits per heavy atom. The molecule has 0 fully saturated rings. The SMILES string of the molecule is CCCCCC(C)(CF)CCC. The molecule has 0 aliphatic rings. The van der Waals surface area contributed by atoms with Gasteiger partial charge in [-0.3, -0.25) is 4.39 Å². The Morgan fingerprint density at radius 1 is 1.00 bits per heavy atom. The van der Waals surface area contributed by atoms with Gasteiger partial charge in [-0.25, -0.2) is 0 Å². The third-order valence-corrected chi connectivity index (χ3v) is 2.56. The summed E-state index contributed by atoms with van der Waals surface area (Å²) in [6, 6.07) is 0. The molecule has 0 aromatic rings. The van der Waals surface area contributed by atoms with Crippen LogP contribution in [0.25, 0.3) is 0 Å². The van der Waals surface area contributed by atoms with Gasteiger partial charge in [0, 0.05) is 0 Å². The van der Waals surface area contributed by atoms with Crippen molar-refractivity contribution in [3.05, 3.63) is 0 Å². The molecule has 0 aliphatic carbocycles. The molecule has 0 saturated carbocycles. The van der Waals surface area contributed by atoms with Crippen LogP contribution in [0.2, 0.25) is 0 Å². The molecular formula is C11H23F. The van der Waals surface area contributed by atoms with Gasteiger partial charge >= 0.3 is 0 Å². The van der Waals surface area contributed by atoms with E-state index in [1.54, 1.807) is 0 Å². The van der Waals surface area contributed by atoms with E-state index < -0.39 is 0 Å². The molecule has 0 aliphatic heterocycles. The molecule has 0 rings (SSSR count). The maximum Gasteiger partial charge on any atom is 0.0947 e. The topological polar surface area (TPSA) is 0 Å². The summed E-state index contributed by atoms with van der Waals surface area (Å²) in [5, 5.41) is 0. The van der Waals surface area contributed by atoms with Crippen molar-refractivity contribution in [1.29, 1.82) is 0 Å². The van der Waals surface area contributed by atoms with Crippen LogP contribution >= 0.6 is 0 Å². The maximum atomic E-state index is 12.7. The summed E-state index contributed by atoms with van der Waals surface area (Å²) in [4.78, 5) is 0. The lowest BCUT2D eigenvalue weighted by atomic mass is 9.82. The second-order valence-electron chi connectivity index (χ2n) is 4.15. The summed E-state index contributed by atoms with van der Waals surface area (Å²) < 4.78 is 12.7. The van der Waals surface area contributed by atoms with Crippen LogP contribution in [0.5, 0.6) is 0 Å². The molecule has 0 heterocycles. The van der Waals surface area contributed by atoms with Crippen molar-refractivity contribution < 1.29 is 4.39 Å². The van der Waals surface area contributed by atoms with Gasteiger partial charge in [0.15, 0.2) is 0 Å². The lowest BCUT2D eigenvalue weighted by molar-refractivity contribution is 0.190. The molecule has 12 heavy (non-hydrogen) atoms. The minimum Gasteiger partial charge on any atom is -0.251 e. The first-order valence-electron chi connectivity index (χ1n) is 5.24. The third-order valence-electron chi connectivity index (χ3n) is 2.56. The number of alkyl halides is 1. The molecule has 74 valence electrons. The van der Waals surface area contributed by atoms with E-state index in [-0.39, 0.29) is 12.1 Å². The van der Waals surface area contributed by atoms with E-state index in [2.05, 4.69) is 20.8 Å². The third kappa shape index (κ3) is 4.74. The number of halogens is 1. The highest BCUT2D eigenvalue weighted by Gasteiger charge is 2.22. The normalized spacial score (nSPS) is 16.0. The van der Waals surface area contributed by atoms with Crippen LogP contribution in [0, 0.1) is 5.41 Å². The van der Waals surface area contributed by atoms with Crippen molar-refractivity contribution in [1.82, 2.24) is 0 Å². The highest BCUT2D eigenvalue weighted by atomic mass is 19.1. The van der Waals surface area contributed by atoms with E-state index in [9.17, 15) is 4.39 Å². The lowest BCUT2D eigenvalue weighted by Crippen LogP contribution is -2.18. The maximum absolute atomic E-state index is 12.7. The van der Waals surface area contributed by atoms with Crippen LogP contribution in [-0.2, 0) is 0 Å². The fourth-order valence-electron chi connectivity index (χ4n) is 1.66. The second-order valence-corrected chi connectivity index (χ2v) is 4.15. The van der Waals surface area contributed by atoms with E-state index in [4.69, 9.17) is 0 Å². The van der Waals surface area contributed by atoms with Crippen LogP contribution in [-0.4, -0.2) is 6.67 Å². The molecule has 0 radical (unpaired) electrons. The molecule has 0 aromatic heterocycles. The molecule has 1 unspecified atom stereocenters. The first kappa shape index (κ1) is 11.9. The van der Waals surface area contributed by atoms with Crippen LogP contribution < -0.4 is 0 Å². The minimum atomic E-state index is -0.148. The summed E-state index contributed by atoms with van der Waals surface area (Å²) in [5.74, 6) is 0. The van der Waals surface area contributed by atoms with Crippen molar-refractivity contribution in [3.8, 4) is 0 Å². The number of hydrogen-bond donors (Lipinski definition) is 0. The second kappa shape index (κ2) is 6.45. The predicted molar refractivity (Wildman–Crippen MR) is 53.1 cm³/mol. The van der Waals surface area contributed by atoms with E-state index in [1.165, 1.54) is 19.3 Å². The molecule has 0 amide bonds. The molecule has 1 atom stereocenters. The Labute approximate surface area is 76.6 Å². The zero-order valence-electron chi connectivity index (χ0n) is 8.83. The molecule has 0 bridgehead atoms. The van der Waals surface area contributed by atoms with Crippen molar-refractivity contribution in [2.75, 3.05) is 6.67 Å². The monoisotopic (exact) mass is 174 g/mol. The smallest absolute Gasteiger partial charge is 0.0947 e. The highest BCUT2D eigenvalue weighted by molar-refractivity contribution is 4.72. The zero-order chi connectivity index (χ0) is 9.45. The van der Waals surface area contributed by atoms with Crippen LogP contribution in [0.4, 0.5) is 4.39 Å². The highest BCUT2D eigenvalue weighted by Crippen LogP contribution is 2.30. The van der Waals surface area contributed by atoms with Crippen LogP contribution in [0.15, 0.2) is 0 Å². The zero-order valence-corrected chi connectivity index (χ0v) is 8.83. The van der Waals surface area contributed by atoms with E-state index in [0.29, 0.717) is 0 Å². The quantitative estimate of drug-likeness (QED) is 0.503. The first-order chi connectivity index (χ1) is 5.68. The summed E-state index contributed by atoms with van der Waals surface area (Å²) in [5.41, 5.74) is -0.0239. The van der Waals surface area contributed by atoms with Gasteiger partial charge in [-0.05, 0) is 18.3 Å². The van der Waals surface area contributed by atoms with Crippen LogP contribution in [0.1, 0.15) is 59.3 Å². The number of rotatable bonds is 7. The van der Waals surface area contributed by atoms with Crippen molar-refractivity contribution in [3.63, 3.8) is 0 Å². The predicted octanol–water partition coefficient (Wildman–Crippen LogP) is 4.34. The van der Waals surface area contributed by atoms with Gasteiger partial charge < -0.3 is 0 Å². The summed E-state index contributed by atoms with van der Waals surface area (Å²) >= 11 is 0. The minimum absolute atomic E-state index is 0.0239. The molecule has 0 nitrogen and oxygen atoms in total. The van der Waals surface area contributed by atoms with Crippen molar-refractivity contribution in [2.45, 2.75) is 59.3 Å². The van der Waals surface area contributed by atoms with Gasteiger partial charge in [-0.1, -0.05) is 46.5 Å². The molecule has 0 N–H and O–H groups in total. The van der Waals surface area contributed by atoms with Gasteiger partial charge in [0.25, 0.3) is 0 Å². The van der Waals surface area contributed by atoms with E-state index >= 15 is 0 Å². The molecule has 0 spiro atoms. The van der Waals surface area contributed by atoms with E-state index in [1.807, 2.05) is 0 Å². The van der Waals surface area contributed by atoms with Gasteiger partial charge in [0.05, 0.1) is 6.67 Å². The molecule has 0 aromatic carbocycles. The van der Waals surface area contributed by atoms with Gasteiger partial charge in [-0.15, -0.1) is 0 Å². The van der Waals surface area contributed by atoms with Gasteiger partial charge in [0.1, 0.15) is 0 Å². The van der Waals surface area contributed by atoms with Gasteiger partial charge in [-0.2, -0.15) is 0 Å². The van der Waals surface area contributed by atoms with E-state index in [0.717, 1.165) is 19.3 Å². The summed E-state index contributed by atoms with van der Waals surface area (Å²) in [6.07, 6.45) is 6.87. The lowest BCUT2D eigenvalue weighted by Gasteiger charge is -2.25. The molecule has 0 saturated heterocycles. The Morgan fingerprint density at radius 2 is 1.67 bits per heavy atom. The Balaban J connectivity index is 3.63. The Bertz CT molecular complexity index is 101. The first-order valence-corrected chi connectivity index (χ1v) is 5.24. The molecular weight excluding hydrogens is 151 g/mol. The fourth-order valence-corrected chi connectivity index (χ4v) is 1.66. The number of unbranched alkanes of at least 4 members (excludes halogenated alkanes) is 2.